The topological polar surface area (TPSA) is 66.8 Å². The van der Waals surface area contributed by atoms with Crippen molar-refractivity contribution in [3.05, 3.63) is 61.9 Å². The zero-order valence-electron chi connectivity index (χ0n) is 14.2. The molecule has 1 fully saturated rings. The van der Waals surface area contributed by atoms with Crippen molar-refractivity contribution < 1.29 is 19.4 Å². The fourth-order valence-electron chi connectivity index (χ4n) is 2.54. The Morgan fingerprint density at radius 3 is 2.78 bits per heavy atom. The van der Waals surface area contributed by atoms with E-state index >= 15 is 0 Å². The summed E-state index contributed by atoms with van der Waals surface area (Å²) in [5, 5.41) is 10.1. The first-order valence-corrected chi connectivity index (χ1v) is 10.0. The molecule has 1 N–H and O–H groups in total. The fourth-order valence-corrected chi connectivity index (χ4v) is 4.02. The Morgan fingerprint density at radius 2 is 2.07 bits per heavy atom. The molecule has 1 aliphatic rings. The van der Waals surface area contributed by atoms with Crippen molar-refractivity contribution >= 4 is 56.5 Å². The highest BCUT2D eigenvalue weighted by Crippen LogP contribution is 2.38. The van der Waals surface area contributed by atoms with Gasteiger partial charge < -0.3 is 9.84 Å². The summed E-state index contributed by atoms with van der Waals surface area (Å²) >= 11 is 10.2. The van der Waals surface area contributed by atoms with Gasteiger partial charge in [0.05, 0.1) is 18.1 Å². The van der Waals surface area contributed by atoms with Crippen molar-refractivity contribution in [2.24, 2.45) is 0 Å². The molecule has 0 radical (unpaired) electrons. The van der Waals surface area contributed by atoms with E-state index in [1.54, 1.807) is 30.3 Å². The molecule has 0 saturated carbocycles. The molecule has 0 aliphatic carbocycles. The lowest BCUT2D eigenvalue weighted by Gasteiger charge is -2.12. The van der Waals surface area contributed by atoms with Gasteiger partial charge in [-0.2, -0.15) is 0 Å². The van der Waals surface area contributed by atoms with E-state index in [1.165, 1.54) is 11.0 Å². The number of hydrogen-bond acceptors (Lipinski definition) is 5. The lowest BCUT2D eigenvalue weighted by molar-refractivity contribution is -0.123. The number of carbonyl (C=O) groups excluding carboxylic acids is 2. The predicted octanol–water partition coefficient (Wildman–Crippen LogP) is 5.44. The van der Waals surface area contributed by atoms with Gasteiger partial charge in [0.2, 0.25) is 0 Å². The Morgan fingerprint density at radius 1 is 1.30 bits per heavy atom. The van der Waals surface area contributed by atoms with Crippen molar-refractivity contribution in [1.82, 2.24) is 4.90 Å². The molecule has 0 aromatic heterocycles. The van der Waals surface area contributed by atoms with Gasteiger partial charge in [-0.3, -0.25) is 14.5 Å². The molecule has 0 unspecified atom stereocenters. The molecule has 27 heavy (non-hydrogen) atoms. The van der Waals surface area contributed by atoms with E-state index in [4.69, 9.17) is 16.3 Å². The number of benzene rings is 2. The fraction of sp³-hybridized carbons (Fsp3) is 0.158. The lowest BCUT2D eigenvalue weighted by Crippen LogP contribution is -2.27. The number of amides is 2. The van der Waals surface area contributed by atoms with Crippen LogP contribution < -0.4 is 4.74 Å². The molecule has 2 amide bonds. The summed E-state index contributed by atoms with van der Waals surface area (Å²) in [6.45, 7) is 2.36. The van der Waals surface area contributed by atoms with Crippen LogP contribution in [0.15, 0.2) is 45.8 Å². The zero-order valence-corrected chi connectivity index (χ0v) is 17.4. The Kier molecular flexibility index (Phi) is 6.14. The van der Waals surface area contributed by atoms with Gasteiger partial charge in [0.15, 0.2) is 11.5 Å². The highest BCUT2D eigenvalue weighted by atomic mass is 79.9. The highest BCUT2D eigenvalue weighted by molar-refractivity contribution is 9.10. The molecule has 2 aromatic rings. The summed E-state index contributed by atoms with van der Waals surface area (Å²) in [6.07, 6.45) is 1.61. The van der Waals surface area contributed by atoms with Gasteiger partial charge in [0, 0.05) is 9.50 Å². The number of aromatic hydroxyl groups is 1. The van der Waals surface area contributed by atoms with Gasteiger partial charge in [-0.05, 0) is 60.2 Å². The van der Waals surface area contributed by atoms with Crippen LogP contribution in [0.25, 0.3) is 6.08 Å². The highest BCUT2D eigenvalue weighted by Gasteiger charge is 2.35. The smallest absolute Gasteiger partial charge is 0.293 e. The third-order valence-electron chi connectivity index (χ3n) is 3.77. The summed E-state index contributed by atoms with van der Waals surface area (Å²) in [7, 11) is 0. The molecule has 1 saturated heterocycles. The molecule has 1 heterocycles. The lowest BCUT2D eigenvalue weighted by atomic mass is 10.1. The third-order valence-corrected chi connectivity index (χ3v) is 5.60. The van der Waals surface area contributed by atoms with E-state index in [1.807, 2.05) is 13.0 Å². The number of phenols is 1. The Balaban J connectivity index is 1.87. The minimum atomic E-state index is -0.372. The SMILES string of the molecule is CCOc1cc(/C=C2\SC(=O)N(Cc3cccc(Cl)c3)C2=O)c(Br)cc1O. The van der Waals surface area contributed by atoms with Crippen LogP contribution in [0.5, 0.6) is 11.5 Å². The summed E-state index contributed by atoms with van der Waals surface area (Å²) in [5.41, 5.74) is 1.40. The average Bonchev–Trinajstić information content (AvgIpc) is 2.87. The number of carbonyl (C=O) groups is 2. The van der Waals surface area contributed by atoms with Gasteiger partial charge in [-0.15, -0.1) is 0 Å². The summed E-state index contributed by atoms with van der Waals surface area (Å²) in [6, 6.07) is 10.1. The second-order valence-electron chi connectivity index (χ2n) is 5.67. The number of ether oxygens (including phenoxy) is 1. The molecule has 0 bridgehead atoms. The summed E-state index contributed by atoms with van der Waals surface area (Å²) in [5.74, 6) is -0.0667. The molecular formula is C19H15BrClNO4S. The quantitative estimate of drug-likeness (QED) is 0.592. The molecule has 140 valence electrons. The van der Waals surface area contributed by atoms with Crippen LogP contribution in [0.3, 0.4) is 0 Å². The van der Waals surface area contributed by atoms with Crippen LogP contribution in [-0.2, 0) is 11.3 Å². The number of hydrogen-bond donors (Lipinski definition) is 1. The molecular weight excluding hydrogens is 454 g/mol. The second-order valence-corrected chi connectivity index (χ2v) is 7.96. The second kappa shape index (κ2) is 8.37. The molecule has 5 nitrogen and oxygen atoms in total. The number of imide groups is 1. The molecule has 8 heteroatoms. The van der Waals surface area contributed by atoms with Crippen LogP contribution in [-0.4, -0.2) is 27.8 Å². The largest absolute Gasteiger partial charge is 0.504 e. The van der Waals surface area contributed by atoms with Crippen molar-refractivity contribution in [1.29, 1.82) is 0 Å². The Hall–Kier alpha value is -1.96. The first-order chi connectivity index (χ1) is 12.9. The molecule has 3 rings (SSSR count). The van der Waals surface area contributed by atoms with Gasteiger partial charge in [0.25, 0.3) is 11.1 Å². The van der Waals surface area contributed by atoms with Crippen molar-refractivity contribution in [2.75, 3.05) is 6.61 Å². The molecule has 2 aromatic carbocycles. The third kappa shape index (κ3) is 4.48. The van der Waals surface area contributed by atoms with E-state index < -0.39 is 0 Å². The minimum Gasteiger partial charge on any atom is -0.504 e. The number of rotatable bonds is 5. The monoisotopic (exact) mass is 467 g/mol. The zero-order chi connectivity index (χ0) is 19.6. The van der Waals surface area contributed by atoms with Crippen LogP contribution in [0, 0.1) is 0 Å². The van der Waals surface area contributed by atoms with Crippen LogP contribution in [0.2, 0.25) is 5.02 Å². The number of halogens is 2. The van der Waals surface area contributed by atoms with Gasteiger partial charge in [-0.1, -0.05) is 39.7 Å². The maximum absolute atomic E-state index is 12.7. The number of phenolic OH excluding ortho intramolecular Hbond substituents is 1. The standard InChI is InChI=1S/C19H15BrClNO4S/c1-2-26-16-7-12(14(20)9-15(16)23)8-17-18(24)22(19(25)27-17)10-11-4-3-5-13(21)6-11/h3-9,23H,2,10H2,1H3/b17-8-. The van der Waals surface area contributed by atoms with E-state index in [2.05, 4.69) is 15.9 Å². The van der Waals surface area contributed by atoms with Gasteiger partial charge in [-0.25, -0.2) is 0 Å². The first-order valence-electron chi connectivity index (χ1n) is 8.04. The van der Waals surface area contributed by atoms with Gasteiger partial charge >= 0.3 is 0 Å². The van der Waals surface area contributed by atoms with E-state index in [9.17, 15) is 14.7 Å². The van der Waals surface area contributed by atoms with Crippen LogP contribution >= 0.6 is 39.3 Å². The minimum absolute atomic E-state index is 0.00469. The Bertz CT molecular complexity index is 947. The number of thioether (sulfide) groups is 1. The van der Waals surface area contributed by atoms with Crippen LogP contribution in [0.1, 0.15) is 18.1 Å². The maximum Gasteiger partial charge on any atom is 0.293 e. The van der Waals surface area contributed by atoms with Crippen molar-refractivity contribution in [2.45, 2.75) is 13.5 Å². The molecule has 1 aliphatic heterocycles. The Labute approximate surface area is 174 Å². The number of nitrogens with zero attached hydrogens (tertiary/aromatic N) is 1. The van der Waals surface area contributed by atoms with E-state index in [0.29, 0.717) is 32.3 Å². The van der Waals surface area contributed by atoms with E-state index in [-0.39, 0.29) is 23.4 Å². The average molecular weight is 469 g/mol. The van der Waals surface area contributed by atoms with E-state index in [0.717, 1.165) is 17.3 Å². The summed E-state index contributed by atoms with van der Waals surface area (Å²) < 4.78 is 5.96. The van der Waals surface area contributed by atoms with Crippen molar-refractivity contribution in [3.8, 4) is 11.5 Å². The van der Waals surface area contributed by atoms with Gasteiger partial charge in [0.1, 0.15) is 0 Å². The predicted molar refractivity (Wildman–Crippen MR) is 110 cm³/mol. The maximum atomic E-state index is 12.7. The first kappa shape index (κ1) is 19.8. The normalized spacial score (nSPS) is 15.7. The van der Waals surface area contributed by atoms with Crippen LogP contribution in [0.4, 0.5) is 4.79 Å². The summed E-state index contributed by atoms with van der Waals surface area (Å²) in [4.78, 5) is 26.5. The molecule has 0 spiro atoms. The molecule has 0 atom stereocenters. The van der Waals surface area contributed by atoms with Crippen molar-refractivity contribution in [3.63, 3.8) is 0 Å².